The van der Waals surface area contributed by atoms with Crippen LogP contribution >= 0.6 is 23.2 Å². The lowest BCUT2D eigenvalue weighted by molar-refractivity contribution is -0.143. The molecule has 0 bridgehead atoms. The van der Waals surface area contributed by atoms with Gasteiger partial charge in [-0.25, -0.2) is 4.79 Å². The summed E-state index contributed by atoms with van der Waals surface area (Å²) in [5, 5.41) is 20.6. The van der Waals surface area contributed by atoms with Crippen LogP contribution in [-0.2, 0) is 14.4 Å². The SMILES string of the molecule is O=C(O)CC[C@H](NC(=O)[C@H]1CC[C@H](Oc2ccc(C(=O)c3ccccc3)c(Cl)c2Cl)C1)C(=O)O. The van der Waals surface area contributed by atoms with Crippen molar-refractivity contribution >= 4 is 46.8 Å². The molecule has 2 aromatic rings. The number of rotatable bonds is 10. The zero-order chi connectivity index (χ0) is 24.8. The molecule has 3 atom stereocenters. The Hall–Kier alpha value is -3.10. The lowest BCUT2D eigenvalue weighted by Crippen LogP contribution is -2.43. The minimum atomic E-state index is -1.29. The number of ether oxygens (including phenoxy) is 1. The Kier molecular flexibility index (Phi) is 8.52. The van der Waals surface area contributed by atoms with E-state index < -0.39 is 29.8 Å². The van der Waals surface area contributed by atoms with E-state index in [0.717, 1.165) is 0 Å². The van der Waals surface area contributed by atoms with Gasteiger partial charge >= 0.3 is 11.9 Å². The zero-order valence-corrected chi connectivity index (χ0v) is 19.5. The average molecular weight is 508 g/mol. The fourth-order valence-electron chi connectivity index (χ4n) is 3.82. The Balaban J connectivity index is 1.62. The second-order valence-electron chi connectivity index (χ2n) is 8.02. The van der Waals surface area contributed by atoms with E-state index in [0.29, 0.717) is 24.8 Å². The van der Waals surface area contributed by atoms with Crippen LogP contribution in [0.3, 0.4) is 0 Å². The fourth-order valence-corrected chi connectivity index (χ4v) is 4.27. The van der Waals surface area contributed by atoms with E-state index >= 15 is 0 Å². The molecule has 1 aliphatic rings. The number of carboxylic acids is 2. The molecule has 3 N–H and O–H groups in total. The van der Waals surface area contributed by atoms with Crippen LogP contribution in [-0.4, -0.2) is 46.0 Å². The van der Waals surface area contributed by atoms with Gasteiger partial charge in [-0.05, 0) is 37.8 Å². The van der Waals surface area contributed by atoms with Crippen LogP contribution in [0.15, 0.2) is 42.5 Å². The van der Waals surface area contributed by atoms with Crippen molar-refractivity contribution in [1.29, 1.82) is 0 Å². The summed E-state index contributed by atoms with van der Waals surface area (Å²) in [6.07, 6.45) is 0.403. The molecule has 1 saturated carbocycles. The first-order valence-electron chi connectivity index (χ1n) is 10.7. The normalized spacial score (nSPS) is 18.2. The van der Waals surface area contributed by atoms with Gasteiger partial charge in [0.2, 0.25) is 5.91 Å². The van der Waals surface area contributed by atoms with Crippen molar-refractivity contribution in [2.75, 3.05) is 0 Å². The molecular formula is C24H23Cl2NO7. The van der Waals surface area contributed by atoms with Gasteiger partial charge < -0.3 is 20.3 Å². The van der Waals surface area contributed by atoms with Gasteiger partial charge in [0, 0.05) is 23.5 Å². The highest BCUT2D eigenvalue weighted by Gasteiger charge is 2.34. The molecule has 0 spiro atoms. The molecule has 180 valence electrons. The number of hydrogen-bond acceptors (Lipinski definition) is 5. The van der Waals surface area contributed by atoms with Crippen LogP contribution in [0, 0.1) is 5.92 Å². The van der Waals surface area contributed by atoms with E-state index in [1.165, 1.54) is 6.07 Å². The topological polar surface area (TPSA) is 130 Å². The predicted molar refractivity (Wildman–Crippen MR) is 125 cm³/mol. The maximum Gasteiger partial charge on any atom is 0.326 e. The number of nitrogens with one attached hydrogen (secondary N) is 1. The fraction of sp³-hybridized carbons (Fsp3) is 0.333. The Morgan fingerprint density at radius 3 is 2.35 bits per heavy atom. The maximum atomic E-state index is 12.7. The molecule has 3 rings (SSSR count). The lowest BCUT2D eigenvalue weighted by Gasteiger charge is -2.18. The van der Waals surface area contributed by atoms with E-state index in [2.05, 4.69) is 5.32 Å². The monoisotopic (exact) mass is 507 g/mol. The second kappa shape index (κ2) is 11.4. The molecule has 0 saturated heterocycles. The zero-order valence-electron chi connectivity index (χ0n) is 18.0. The number of benzene rings is 2. The van der Waals surface area contributed by atoms with Gasteiger partial charge in [0.25, 0.3) is 0 Å². The maximum absolute atomic E-state index is 12.7. The standard InChI is InChI=1S/C24H23Cl2NO7/c25-20-16(22(30)13-4-2-1-3-5-13)8-10-18(21(20)26)34-15-7-6-14(12-15)23(31)27-17(24(32)33)9-11-19(28)29/h1-5,8,10,14-15,17H,6-7,9,11-12H2,(H,27,31)(H,28,29)(H,32,33)/t14-,15-,17-/m0/s1. The summed E-state index contributed by atoms with van der Waals surface area (Å²) in [6, 6.07) is 10.5. The van der Waals surface area contributed by atoms with Crippen LogP contribution in [0.1, 0.15) is 48.0 Å². The van der Waals surface area contributed by atoms with E-state index in [4.69, 9.17) is 33.0 Å². The minimum absolute atomic E-state index is 0.0723. The van der Waals surface area contributed by atoms with Gasteiger partial charge in [0.15, 0.2) is 5.78 Å². The summed E-state index contributed by atoms with van der Waals surface area (Å²) in [5.41, 5.74) is 0.719. The highest BCUT2D eigenvalue weighted by Crippen LogP contribution is 2.38. The van der Waals surface area contributed by atoms with E-state index in [9.17, 15) is 24.3 Å². The van der Waals surface area contributed by atoms with Crippen LogP contribution in [0.25, 0.3) is 0 Å². The third-order valence-corrected chi connectivity index (χ3v) is 6.50. The number of carbonyl (C=O) groups excluding carboxylic acids is 2. The van der Waals surface area contributed by atoms with E-state index in [1.54, 1.807) is 36.4 Å². The van der Waals surface area contributed by atoms with Gasteiger partial charge in [-0.15, -0.1) is 0 Å². The number of amides is 1. The van der Waals surface area contributed by atoms with Crippen molar-refractivity contribution in [2.45, 2.75) is 44.2 Å². The molecule has 0 aliphatic heterocycles. The average Bonchev–Trinajstić information content (AvgIpc) is 3.28. The molecule has 0 heterocycles. The van der Waals surface area contributed by atoms with Crippen LogP contribution in [0.5, 0.6) is 5.75 Å². The first-order valence-corrected chi connectivity index (χ1v) is 11.4. The van der Waals surface area contributed by atoms with Crippen molar-refractivity contribution < 1.29 is 34.1 Å². The minimum Gasteiger partial charge on any atom is -0.489 e. The van der Waals surface area contributed by atoms with Gasteiger partial charge in [-0.3, -0.25) is 14.4 Å². The molecule has 8 nitrogen and oxygen atoms in total. The Bertz CT molecular complexity index is 1090. The number of carbonyl (C=O) groups is 4. The molecule has 1 fully saturated rings. The molecule has 34 heavy (non-hydrogen) atoms. The second-order valence-corrected chi connectivity index (χ2v) is 8.77. The van der Waals surface area contributed by atoms with Gasteiger partial charge in [0.1, 0.15) is 16.8 Å². The molecular weight excluding hydrogens is 485 g/mol. The first-order chi connectivity index (χ1) is 16.2. The van der Waals surface area contributed by atoms with Crippen molar-refractivity contribution in [3.05, 3.63) is 63.6 Å². The third kappa shape index (κ3) is 6.27. The highest BCUT2D eigenvalue weighted by molar-refractivity contribution is 6.45. The molecule has 0 radical (unpaired) electrons. The summed E-state index contributed by atoms with van der Waals surface area (Å²) >= 11 is 12.7. The van der Waals surface area contributed by atoms with Gasteiger partial charge in [-0.2, -0.15) is 0 Å². The van der Waals surface area contributed by atoms with E-state index in [-0.39, 0.29) is 46.1 Å². The van der Waals surface area contributed by atoms with Gasteiger partial charge in [0.05, 0.1) is 11.1 Å². The smallest absolute Gasteiger partial charge is 0.326 e. The Labute approximate surface area is 205 Å². The predicted octanol–water partition coefficient (Wildman–Crippen LogP) is 4.21. The van der Waals surface area contributed by atoms with Crippen molar-refractivity contribution in [1.82, 2.24) is 5.32 Å². The summed E-state index contributed by atoms with van der Waals surface area (Å²) in [7, 11) is 0. The van der Waals surface area contributed by atoms with E-state index in [1.807, 2.05) is 0 Å². The molecule has 10 heteroatoms. The van der Waals surface area contributed by atoms with Crippen molar-refractivity contribution in [3.8, 4) is 5.75 Å². The number of ketones is 1. The molecule has 0 aromatic heterocycles. The number of carboxylic acid groups (broad SMARTS) is 2. The summed E-state index contributed by atoms with van der Waals surface area (Å²) in [6.45, 7) is 0. The number of halogens is 2. The van der Waals surface area contributed by atoms with Crippen molar-refractivity contribution in [2.24, 2.45) is 5.92 Å². The summed E-state index contributed by atoms with van der Waals surface area (Å²) in [5.74, 6) is -3.35. The molecule has 0 unspecified atom stereocenters. The number of hydrogen-bond donors (Lipinski definition) is 3. The van der Waals surface area contributed by atoms with Crippen LogP contribution in [0.4, 0.5) is 0 Å². The summed E-state index contributed by atoms with van der Waals surface area (Å²) < 4.78 is 5.94. The number of aliphatic carboxylic acids is 2. The lowest BCUT2D eigenvalue weighted by atomic mass is 10.0. The first kappa shape index (κ1) is 25.5. The van der Waals surface area contributed by atoms with Crippen LogP contribution < -0.4 is 10.1 Å². The summed E-state index contributed by atoms with van der Waals surface area (Å²) in [4.78, 5) is 47.3. The van der Waals surface area contributed by atoms with Crippen molar-refractivity contribution in [3.63, 3.8) is 0 Å². The molecule has 1 amide bonds. The highest BCUT2D eigenvalue weighted by atomic mass is 35.5. The molecule has 2 aromatic carbocycles. The van der Waals surface area contributed by atoms with Gasteiger partial charge in [-0.1, -0.05) is 53.5 Å². The van der Waals surface area contributed by atoms with Crippen LogP contribution in [0.2, 0.25) is 10.0 Å². The third-order valence-electron chi connectivity index (χ3n) is 5.64. The Morgan fingerprint density at radius 2 is 1.71 bits per heavy atom. The molecule has 1 aliphatic carbocycles. The quantitative estimate of drug-likeness (QED) is 0.410. The Morgan fingerprint density at radius 1 is 1.00 bits per heavy atom. The largest absolute Gasteiger partial charge is 0.489 e.